The van der Waals surface area contributed by atoms with E-state index in [1.165, 1.54) is 18.3 Å². The lowest BCUT2D eigenvalue weighted by Gasteiger charge is -1.98. The summed E-state index contributed by atoms with van der Waals surface area (Å²) in [4.78, 5) is 22.0. The first-order valence-electron chi connectivity index (χ1n) is 6.06. The molecule has 2 rings (SSSR count). The van der Waals surface area contributed by atoms with Gasteiger partial charge in [0.05, 0.1) is 12.6 Å². The molecule has 1 atom stereocenters. The maximum Gasteiger partial charge on any atom is 0.305 e. The van der Waals surface area contributed by atoms with Crippen molar-refractivity contribution in [3.8, 4) is 12.3 Å². The quantitative estimate of drug-likeness (QED) is 0.496. The van der Waals surface area contributed by atoms with Gasteiger partial charge in [-0.1, -0.05) is 17.7 Å². The van der Waals surface area contributed by atoms with Crippen LogP contribution in [0.4, 0.5) is 4.39 Å². The molecule has 1 amide bonds. The maximum absolute atomic E-state index is 13.6. The van der Waals surface area contributed by atoms with Gasteiger partial charge in [-0.25, -0.2) is 4.39 Å². The minimum absolute atomic E-state index is 0.174. The van der Waals surface area contributed by atoms with Gasteiger partial charge < -0.3 is 10.4 Å². The molecule has 1 aliphatic heterocycles. The molecule has 1 unspecified atom stereocenters. The minimum Gasteiger partial charge on any atom is -0.481 e. The van der Waals surface area contributed by atoms with Gasteiger partial charge in [0.2, 0.25) is 5.91 Å². The summed E-state index contributed by atoms with van der Waals surface area (Å²) in [6.07, 6.45) is 6.03. The number of benzene rings is 1. The van der Waals surface area contributed by atoms with Crippen LogP contribution in [-0.4, -0.2) is 33.6 Å². The van der Waals surface area contributed by atoms with Gasteiger partial charge in [-0.05, 0) is 18.2 Å². The Balaban J connectivity index is 2.05. The Kier molecular flexibility index (Phi) is 4.91. The predicted molar refractivity (Wildman–Crippen MR) is 81.1 cm³/mol. The normalized spacial score (nSPS) is 19.4. The van der Waals surface area contributed by atoms with Crippen LogP contribution >= 0.6 is 11.8 Å². The fraction of sp³-hybridized carbons (Fsp3) is 0.143. The average molecular weight is 319 g/mol. The number of carboxylic acid groups (broad SMARTS) is 1. The third-order valence-electron chi connectivity index (χ3n) is 2.65. The summed E-state index contributed by atoms with van der Waals surface area (Å²) in [6, 6.07) is 4.22. The summed E-state index contributed by atoms with van der Waals surface area (Å²) >= 11 is 0.967. The van der Waals surface area contributed by atoms with Crippen LogP contribution in [0, 0.1) is 18.2 Å². The number of rotatable bonds is 4. The monoisotopic (exact) mass is 319 g/mol. The van der Waals surface area contributed by atoms with Gasteiger partial charge in [-0.3, -0.25) is 9.59 Å². The van der Waals surface area contributed by atoms with Gasteiger partial charge in [0.15, 0.2) is 5.17 Å². The third-order valence-corrected chi connectivity index (χ3v) is 3.72. The van der Waals surface area contributed by atoms with Crippen molar-refractivity contribution in [1.82, 2.24) is 5.32 Å². The van der Waals surface area contributed by atoms with Crippen molar-refractivity contribution in [2.75, 3.05) is 0 Å². The lowest BCUT2D eigenvalue weighted by atomic mass is 10.1. The van der Waals surface area contributed by atoms with Crippen LogP contribution < -0.4 is 5.32 Å². The Morgan fingerprint density at radius 1 is 1.59 bits per heavy atom. The molecule has 0 saturated carbocycles. The van der Waals surface area contributed by atoms with Gasteiger partial charge >= 0.3 is 5.97 Å². The molecule has 0 radical (unpaired) electrons. The lowest BCUT2D eigenvalue weighted by Crippen LogP contribution is -2.26. The Labute approximate surface area is 129 Å². The number of carbonyl (C=O) groups is 2. The van der Waals surface area contributed by atoms with E-state index in [4.69, 9.17) is 11.5 Å². The zero-order valence-corrected chi connectivity index (χ0v) is 11.9. The van der Waals surface area contributed by atoms with Crippen molar-refractivity contribution in [3.05, 3.63) is 35.1 Å². The Bertz CT molecular complexity index is 725. The first-order valence-corrected chi connectivity index (χ1v) is 6.94. The number of terminal acetylenes is 1. The molecular weight excluding hydrogens is 309 g/mol. The summed E-state index contributed by atoms with van der Waals surface area (Å²) in [5.41, 5.74) is 0.607. The summed E-state index contributed by atoms with van der Waals surface area (Å²) < 4.78 is 13.6. The number of thioether (sulfide) groups is 1. The van der Waals surface area contributed by atoms with E-state index in [0.29, 0.717) is 5.56 Å². The van der Waals surface area contributed by atoms with E-state index in [9.17, 15) is 14.0 Å². The molecular formula is C14H10FN3O3S. The number of nitrogens with zero attached hydrogens (tertiary/aromatic N) is 2. The zero-order valence-electron chi connectivity index (χ0n) is 11.1. The van der Waals surface area contributed by atoms with Crippen molar-refractivity contribution in [2.24, 2.45) is 10.2 Å². The molecule has 2 N–H and O–H groups in total. The van der Waals surface area contributed by atoms with Crippen LogP contribution in [0.2, 0.25) is 0 Å². The summed E-state index contributed by atoms with van der Waals surface area (Å²) in [5.74, 6) is 0.260. The van der Waals surface area contributed by atoms with Gasteiger partial charge in [-0.15, -0.1) is 11.5 Å². The average Bonchev–Trinajstić information content (AvgIpc) is 2.80. The molecule has 0 spiro atoms. The number of amidine groups is 1. The standard InChI is InChI=1S/C14H10FN3O3S/c1-2-8-3-4-9(10(15)5-8)7-16-18-14-17-13(21)11(22-14)6-12(19)20/h1,3-5,7,11H,6H2,(H,19,20)(H,17,18,21). The minimum atomic E-state index is -1.08. The second-order valence-corrected chi connectivity index (χ2v) is 5.42. The molecule has 6 nitrogen and oxygen atoms in total. The van der Waals surface area contributed by atoms with Crippen LogP contribution in [0.1, 0.15) is 17.5 Å². The lowest BCUT2D eigenvalue weighted by molar-refractivity contribution is -0.138. The van der Waals surface area contributed by atoms with Crippen molar-refractivity contribution in [2.45, 2.75) is 11.7 Å². The number of nitrogens with one attached hydrogen (secondary N) is 1. The number of halogens is 1. The molecule has 112 valence electrons. The molecule has 1 saturated heterocycles. The van der Waals surface area contributed by atoms with Crippen molar-refractivity contribution in [3.63, 3.8) is 0 Å². The number of carbonyl (C=O) groups excluding carboxylic acids is 1. The highest BCUT2D eigenvalue weighted by atomic mass is 32.2. The highest BCUT2D eigenvalue weighted by Crippen LogP contribution is 2.22. The molecule has 0 aromatic heterocycles. The van der Waals surface area contributed by atoms with Gasteiger partial charge in [0.1, 0.15) is 11.1 Å². The second-order valence-electron chi connectivity index (χ2n) is 4.22. The first kappa shape index (κ1) is 15.7. The van der Waals surface area contributed by atoms with E-state index in [2.05, 4.69) is 21.4 Å². The molecule has 1 heterocycles. The molecule has 1 fully saturated rings. The van der Waals surface area contributed by atoms with E-state index in [1.54, 1.807) is 6.07 Å². The van der Waals surface area contributed by atoms with Crippen LogP contribution in [0.3, 0.4) is 0 Å². The SMILES string of the molecule is C#Cc1ccc(C=NN=C2NC(=O)C(CC(=O)O)S2)c(F)c1. The van der Waals surface area contributed by atoms with Crippen LogP contribution in [0.25, 0.3) is 0 Å². The van der Waals surface area contributed by atoms with E-state index in [-0.39, 0.29) is 17.2 Å². The first-order chi connectivity index (χ1) is 10.5. The highest BCUT2D eigenvalue weighted by Gasteiger charge is 2.32. The molecule has 0 aliphatic carbocycles. The summed E-state index contributed by atoms with van der Waals surface area (Å²) in [5, 5.41) is 17.9. The molecule has 1 aromatic rings. The summed E-state index contributed by atoms with van der Waals surface area (Å²) in [6.45, 7) is 0. The molecule has 22 heavy (non-hydrogen) atoms. The van der Waals surface area contributed by atoms with E-state index in [0.717, 1.165) is 11.8 Å². The number of carboxylic acids is 1. The van der Waals surface area contributed by atoms with E-state index >= 15 is 0 Å². The van der Waals surface area contributed by atoms with E-state index in [1.807, 2.05) is 0 Å². The number of hydrogen-bond acceptors (Lipinski definition) is 5. The third kappa shape index (κ3) is 3.93. The fourth-order valence-electron chi connectivity index (χ4n) is 1.61. The van der Waals surface area contributed by atoms with Crippen LogP contribution in [0.5, 0.6) is 0 Å². The largest absolute Gasteiger partial charge is 0.481 e. The summed E-state index contributed by atoms with van der Waals surface area (Å²) in [7, 11) is 0. The molecule has 1 aromatic carbocycles. The smallest absolute Gasteiger partial charge is 0.305 e. The second kappa shape index (κ2) is 6.87. The Morgan fingerprint density at radius 2 is 2.36 bits per heavy atom. The Morgan fingerprint density at radius 3 is 3.00 bits per heavy atom. The highest BCUT2D eigenvalue weighted by molar-refractivity contribution is 8.15. The molecule has 0 bridgehead atoms. The van der Waals surface area contributed by atoms with Crippen molar-refractivity contribution >= 4 is 35.0 Å². The van der Waals surface area contributed by atoms with Crippen LogP contribution in [0.15, 0.2) is 28.4 Å². The van der Waals surface area contributed by atoms with Crippen molar-refractivity contribution < 1.29 is 19.1 Å². The fourth-order valence-corrected chi connectivity index (χ4v) is 2.53. The number of aliphatic carboxylic acids is 1. The van der Waals surface area contributed by atoms with Crippen molar-refractivity contribution in [1.29, 1.82) is 0 Å². The van der Waals surface area contributed by atoms with E-state index < -0.39 is 22.9 Å². The van der Waals surface area contributed by atoms with Gasteiger partial charge in [-0.2, -0.15) is 5.10 Å². The predicted octanol–water partition coefficient (Wildman–Crippen LogP) is 1.20. The zero-order chi connectivity index (χ0) is 16.1. The van der Waals surface area contributed by atoms with Gasteiger partial charge in [0.25, 0.3) is 0 Å². The number of hydrogen-bond donors (Lipinski definition) is 2. The molecule has 8 heteroatoms. The topological polar surface area (TPSA) is 91.1 Å². The molecule has 1 aliphatic rings. The van der Waals surface area contributed by atoms with Gasteiger partial charge in [0, 0.05) is 11.1 Å². The van der Waals surface area contributed by atoms with Crippen LogP contribution in [-0.2, 0) is 9.59 Å². The Hall–Kier alpha value is -2.66. The maximum atomic E-state index is 13.6. The number of amides is 1.